The normalized spacial score (nSPS) is 21.7. The van der Waals surface area contributed by atoms with Crippen LogP contribution in [0.1, 0.15) is 61.6 Å². The molecule has 1 aliphatic carbocycles. The van der Waals surface area contributed by atoms with Gasteiger partial charge in [0, 0.05) is 41.3 Å². The van der Waals surface area contributed by atoms with Gasteiger partial charge in [0.15, 0.2) is 5.82 Å². The fourth-order valence-corrected chi connectivity index (χ4v) is 6.13. The fourth-order valence-electron chi connectivity index (χ4n) is 6.13. The van der Waals surface area contributed by atoms with Crippen LogP contribution in [0.5, 0.6) is 0 Å². The van der Waals surface area contributed by atoms with E-state index in [1.165, 1.54) is 12.1 Å². The number of carbonyl (C=O) groups is 1. The highest BCUT2D eigenvalue weighted by Crippen LogP contribution is 2.48. The van der Waals surface area contributed by atoms with Crippen LogP contribution in [0, 0.1) is 17.6 Å². The van der Waals surface area contributed by atoms with Crippen molar-refractivity contribution in [3.8, 4) is 5.69 Å². The topological polar surface area (TPSA) is 80.1 Å². The number of hydrogen-bond acceptors (Lipinski definition) is 3. The smallest absolute Gasteiger partial charge is 0.306 e. The van der Waals surface area contributed by atoms with E-state index in [1.807, 2.05) is 6.07 Å². The number of aliphatic carboxylic acids is 1. The molecule has 1 saturated carbocycles. The Morgan fingerprint density at radius 2 is 1.74 bits per heavy atom. The van der Waals surface area contributed by atoms with E-state index >= 15 is 4.39 Å². The van der Waals surface area contributed by atoms with Gasteiger partial charge in [0.25, 0.3) is 0 Å². The number of aromatic nitrogens is 3. The van der Waals surface area contributed by atoms with Gasteiger partial charge in [0.05, 0.1) is 17.6 Å². The van der Waals surface area contributed by atoms with Crippen LogP contribution in [0.25, 0.3) is 27.5 Å². The van der Waals surface area contributed by atoms with Crippen molar-refractivity contribution in [2.75, 3.05) is 13.2 Å². The van der Waals surface area contributed by atoms with Crippen molar-refractivity contribution >= 4 is 27.8 Å². The van der Waals surface area contributed by atoms with Crippen molar-refractivity contribution in [1.82, 2.24) is 14.8 Å². The van der Waals surface area contributed by atoms with Gasteiger partial charge < -0.3 is 14.4 Å². The molecule has 1 saturated heterocycles. The standard InChI is InChI=1S/C27H27F2N3O3/c28-19-5-7-20(8-6-19)32-21-13-18-14-30-31-25(18)24(29)23(21)22(26(32)16-9-11-35-12-10-16)15-1-3-17(4-2-15)27(33)34/h5-8,13-17H,1-4,9-12H2,(H,30,31)(H,33,34)/t15-,17-. The Labute approximate surface area is 200 Å². The number of ether oxygens (including phenoxy) is 1. The Morgan fingerprint density at radius 1 is 1.03 bits per heavy atom. The van der Waals surface area contributed by atoms with Crippen molar-refractivity contribution in [3.05, 3.63) is 59.4 Å². The van der Waals surface area contributed by atoms with E-state index in [9.17, 15) is 14.3 Å². The Morgan fingerprint density at radius 3 is 2.43 bits per heavy atom. The van der Waals surface area contributed by atoms with Crippen molar-refractivity contribution in [1.29, 1.82) is 0 Å². The minimum absolute atomic E-state index is 0.0440. The molecule has 2 N–H and O–H groups in total. The van der Waals surface area contributed by atoms with E-state index in [0.29, 0.717) is 55.2 Å². The van der Waals surface area contributed by atoms with Crippen LogP contribution in [0.15, 0.2) is 36.5 Å². The summed E-state index contributed by atoms with van der Waals surface area (Å²) in [4.78, 5) is 11.6. The van der Waals surface area contributed by atoms with Crippen LogP contribution in [-0.2, 0) is 9.53 Å². The number of nitrogens with one attached hydrogen (secondary N) is 1. The van der Waals surface area contributed by atoms with Crippen molar-refractivity contribution < 1.29 is 23.4 Å². The summed E-state index contributed by atoms with van der Waals surface area (Å²) in [6.07, 6.45) is 5.78. The molecule has 35 heavy (non-hydrogen) atoms. The number of aromatic amines is 1. The molecule has 182 valence electrons. The van der Waals surface area contributed by atoms with Crippen LogP contribution in [0.4, 0.5) is 8.78 Å². The maximum atomic E-state index is 16.2. The van der Waals surface area contributed by atoms with E-state index in [4.69, 9.17) is 4.74 Å². The zero-order chi connectivity index (χ0) is 24.1. The lowest BCUT2D eigenvalue weighted by Crippen LogP contribution is -2.23. The second-order valence-electron chi connectivity index (χ2n) is 9.80. The zero-order valence-electron chi connectivity index (χ0n) is 19.3. The molecule has 0 unspecified atom stereocenters. The van der Waals surface area contributed by atoms with Gasteiger partial charge in [-0.3, -0.25) is 9.89 Å². The first-order valence-electron chi connectivity index (χ1n) is 12.3. The Hall–Kier alpha value is -3.26. The first-order valence-corrected chi connectivity index (χ1v) is 12.3. The molecule has 0 bridgehead atoms. The summed E-state index contributed by atoms with van der Waals surface area (Å²) in [5.74, 6) is -1.57. The SMILES string of the molecule is O=C(O)[C@H]1CC[C@H](c2c(C3CCOCC3)n(-c3ccc(F)cc3)c3cc4cn[nH]c4c(F)c32)CC1. The molecule has 2 fully saturated rings. The van der Waals surface area contributed by atoms with Gasteiger partial charge in [-0.2, -0.15) is 5.10 Å². The van der Waals surface area contributed by atoms with Gasteiger partial charge in [-0.1, -0.05) is 0 Å². The molecule has 8 heteroatoms. The highest BCUT2D eigenvalue weighted by molar-refractivity contribution is 5.99. The molecule has 3 heterocycles. The summed E-state index contributed by atoms with van der Waals surface area (Å²) < 4.78 is 37.8. The van der Waals surface area contributed by atoms with Crippen LogP contribution in [0.2, 0.25) is 0 Å². The number of H-pyrrole nitrogens is 1. The average Bonchev–Trinajstić information content (AvgIpc) is 3.49. The van der Waals surface area contributed by atoms with Gasteiger partial charge in [-0.25, -0.2) is 8.78 Å². The summed E-state index contributed by atoms with van der Waals surface area (Å²) in [7, 11) is 0. The molecule has 2 aromatic carbocycles. The Balaban J connectivity index is 1.64. The highest BCUT2D eigenvalue weighted by Gasteiger charge is 2.35. The monoisotopic (exact) mass is 479 g/mol. The number of carboxylic acids is 1. The Kier molecular flexibility index (Phi) is 5.56. The van der Waals surface area contributed by atoms with E-state index in [2.05, 4.69) is 14.8 Å². The zero-order valence-corrected chi connectivity index (χ0v) is 19.3. The van der Waals surface area contributed by atoms with E-state index in [0.717, 1.165) is 35.3 Å². The molecule has 1 aliphatic heterocycles. The van der Waals surface area contributed by atoms with E-state index in [-0.39, 0.29) is 29.4 Å². The molecular weight excluding hydrogens is 452 g/mol. The molecular formula is C27H27F2N3O3. The summed E-state index contributed by atoms with van der Waals surface area (Å²) in [6, 6.07) is 8.29. The van der Waals surface area contributed by atoms with Gasteiger partial charge in [0.2, 0.25) is 0 Å². The largest absolute Gasteiger partial charge is 0.481 e. The minimum Gasteiger partial charge on any atom is -0.481 e. The Bertz CT molecular complexity index is 1400. The fraction of sp³-hybridized carbons (Fsp3) is 0.407. The summed E-state index contributed by atoms with van der Waals surface area (Å²) in [6.45, 7) is 1.27. The first kappa shape index (κ1) is 22.2. The molecule has 0 amide bonds. The molecule has 0 radical (unpaired) electrons. The predicted molar refractivity (Wildman–Crippen MR) is 128 cm³/mol. The minimum atomic E-state index is -0.757. The maximum Gasteiger partial charge on any atom is 0.306 e. The predicted octanol–water partition coefficient (Wildman–Crippen LogP) is 6.04. The summed E-state index contributed by atoms with van der Waals surface area (Å²) >= 11 is 0. The van der Waals surface area contributed by atoms with Crippen LogP contribution < -0.4 is 0 Å². The van der Waals surface area contributed by atoms with E-state index < -0.39 is 5.97 Å². The molecule has 0 atom stereocenters. The van der Waals surface area contributed by atoms with Crippen LogP contribution >= 0.6 is 0 Å². The third kappa shape index (κ3) is 3.71. The average molecular weight is 480 g/mol. The van der Waals surface area contributed by atoms with Gasteiger partial charge >= 0.3 is 5.97 Å². The second-order valence-corrected chi connectivity index (χ2v) is 9.80. The summed E-state index contributed by atoms with van der Waals surface area (Å²) in [5.41, 5.74) is 3.90. The molecule has 2 aromatic heterocycles. The van der Waals surface area contributed by atoms with E-state index in [1.54, 1.807) is 18.3 Å². The molecule has 4 aromatic rings. The number of carboxylic acid groups (broad SMARTS) is 1. The molecule has 6 nitrogen and oxygen atoms in total. The molecule has 6 rings (SSSR count). The van der Waals surface area contributed by atoms with Crippen molar-refractivity contribution in [2.24, 2.45) is 5.92 Å². The van der Waals surface area contributed by atoms with Gasteiger partial charge in [-0.05, 0) is 80.3 Å². The summed E-state index contributed by atoms with van der Waals surface area (Å²) in [5, 5.41) is 17.6. The van der Waals surface area contributed by atoms with Gasteiger partial charge in [0.1, 0.15) is 11.3 Å². The van der Waals surface area contributed by atoms with Gasteiger partial charge in [-0.15, -0.1) is 0 Å². The number of nitrogens with zero attached hydrogens (tertiary/aromatic N) is 2. The molecule has 0 spiro atoms. The third-order valence-corrected chi connectivity index (χ3v) is 7.86. The number of halogens is 2. The number of benzene rings is 2. The lowest BCUT2D eigenvalue weighted by Gasteiger charge is -2.30. The number of fused-ring (bicyclic) bond motifs is 2. The maximum absolute atomic E-state index is 16.2. The van der Waals surface area contributed by atoms with Crippen molar-refractivity contribution in [2.45, 2.75) is 50.4 Å². The number of rotatable bonds is 4. The van der Waals surface area contributed by atoms with Crippen molar-refractivity contribution in [3.63, 3.8) is 0 Å². The lowest BCUT2D eigenvalue weighted by atomic mass is 9.76. The molecule has 2 aliphatic rings. The first-order chi connectivity index (χ1) is 17.0. The number of hydrogen-bond donors (Lipinski definition) is 2. The van der Waals surface area contributed by atoms with Crippen LogP contribution in [-0.4, -0.2) is 39.1 Å². The highest BCUT2D eigenvalue weighted by atomic mass is 19.1. The lowest BCUT2D eigenvalue weighted by molar-refractivity contribution is -0.142. The third-order valence-electron chi connectivity index (χ3n) is 7.86. The second kappa shape index (κ2) is 8.75. The van der Waals surface area contributed by atoms with Crippen LogP contribution in [0.3, 0.4) is 0 Å². The quantitative estimate of drug-likeness (QED) is 0.374.